The predicted molar refractivity (Wildman–Crippen MR) is 189 cm³/mol. The van der Waals surface area contributed by atoms with Gasteiger partial charge in [0, 0.05) is 9.79 Å². The van der Waals surface area contributed by atoms with E-state index in [4.69, 9.17) is 0 Å². The van der Waals surface area contributed by atoms with Crippen molar-refractivity contribution in [3.63, 3.8) is 0 Å². The molecule has 9 rings (SSSR count). The van der Waals surface area contributed by atoms with E-state index in [-0.39, 0.29) is 6.71 Å². The highest BCUT2D eigenvalue weighted by Crippen LogP contribution is 2.74. The van der Waals surface area contributed by atoms with Crippen LogP contribution in [0.4, 0.5) is 0 Å². The Labute approximate surface area is 267 Å². The molecule has 0 aromatic heterocycles. The van der Waals surface area contributed by atoms with E-state index < -0.39 is 15.4 Å². The molecule has 0 amide bonds. The first-order chi connectivity index (χ1) is 22.4. The van der Waals surface area contributed by atoms with Crippen LogP contribution in [0, 0.1) is 0 Å². The maximum atomic E-state index is 2.45. The fourth-order valence-corrected chi connectivity index (χ4v) is 12.6. The molecule has 2 aliphatic heterocycles. The smallest absolute Gasteiger partial charge is 0.134 e. The van der Waals surface area contributed by atoms with E-state index in [1.165, 1.54) is 58.2 Å². The molecule has 0 saturated heterocycles. The largest absolute Gasteiger partial charge is 0.244 e. The van der Waals surface area contributed by atoms with Crippen LogP contribution in [0.5, 0.6) is 0 Å². The van der Waals surface area contributed by atoms with Gasteiger partial charge in [0.1, 0.15) is 0 Å². The monoisotopic (exact) mass is 590 g/mol. The summed E-state index contributed by atoms with van der Waals surface area (Å²) in [6.07, 6.45) is 0. The highest BCUT2D eigenvalue weighted by Gasteiger charge is 2.53. The van der Waals surface area contributed by atoms with Crippen LogP contribution >= 0.6 is 10.0 Å². The van der Waals surface area contributed by atoms with Gasteiger partial charge in [0.15, 0.2) is 0 Å². The first kappa shape index (κ1) is 26.4. The van der Waals surface area contributed by atoms with Crippen LogP contribution in [-0.4, -0.2) is 6.71 Å². The van der Waals surface area contributed by atoms with Crippen molar-refractivity contribution in [2.45, 2.75) is 25.0 Å². The highest BCUT2D eigenvalue weighted by atomic mass is 32.3. The molecule has 0 saturated carbocycles. The van der Waals surface area contributed by atoms with Gasteiger partial charge in [-0.3, -0.25) is 0 Å². The second kappa shape index (κ2) is 10.3. The summed E-state index contributed by atoms with van der Waals surface area (Å²) in [5.41, 5.74) is 9.17. The van der Waals surface area contributed by atoms with Crippen molar-refractivity contribution in [3.05, 3.63) is 210 Å². The number of benzene rings is 7. The average molecular weight is 591 g/mol. The zero-order valence-electron chi connectivity index (χ0n) is 24.9. The van der Waals surface area contributed by atoms with Gasteiger partial charge >= 0.3 is 0 Å². The molecule has 7 aromatic rings. The van der Waals surface area contributed by atoms with E-state index in [9.17, 15) is 0 Å². The van der Waals surface area contributed by atoms with Gasteiger partial charge in [0.25, 0.3) is 0 Å². The second-order valence-electron chi connectivity index (χ2n) is 12.0. The first-order valence-electron chi connectivity index (χ1n) is 15.7. The molecule has 0 bridgehead atoms. The number of rotatable bonds is 4. The third-order valence-corrected chi connectivity index (χ3v) is 13.9. The zero-order chi connectivity index (χ0) is 29.8. The van der Waals surface area contributed by atoms with Crippen molar-refractivity contribution >= 4 is 33.1 Å². The van der Waals surface area contributed by atoms with Crippen LogP contribution in [0.25, 0.3) is 0 Å². The maximum Gasteiger partial charge on any atom is 0.244 e. The predicted octanol–water partition coefficient (Wildman–Crippen LogP) is 8.55. The van der Waals surface area contributed by atoms with Gasteiger partial charge in [-0.2, -0.15) is 0 Å². The molecule has 2 heteroatoms. The average Bonchev–Trinajstić information content (AvgIpc) is 3.13. The maximum absolute atomic E-state index is 2.45. The van der Waals surface area contributed by atoms with Crippen molar-refractivity contribution in [2.24, 2.45) is 0 Å². The second-order valence-corrected chi connectivity index (χ2v) is 15.0. The van der Waals surface area contributed by atoms with Gasteiger partial charge in [-0.1, -0.05) is 168 Å². The third kappa shape index (κ3) is 3.52. The quantitative estimate of drug-likeness (QED) is 0.180. The molecule has 2 aliphatic rings. The Morgan fingerprint density at radius 1 is 0.356 bits per heavy atom. The Morgan fingerprint density at radius 2 is 0.800 bits per heavy atom. The lowest BCUT2D eigenvalue weighted by Crippen LogP contribution is -2.65. The summed E-state index contributed by atoms with van der Waals surface area (Å²) >= 11 is 0. The molecule has 7 aromatic carbocycles. The fraction of sp³-hybridized carbons (Fsp3) is 0.0233. The van der Waals surface area contributed by atoms with Crippen LogP contribution in [0.3, 0.4) is 0 Å². The minimum Gasteiger partial charge on any atom is -0.134 e. The van der Waals surface area contributed by atoms with Crippen LogP contribution in [0.2, 0.25) is 0 Å². The van der Waals surface area contributed by atoms with Gasteiger partial charge in [0.05, 0.1) is 5.41 Å². The molecule has 212 valence electrons. The lowest BCUT2D eigenvalue weighted by molar-refractivity contribution is 0.748. The molecule has 45 heavy (non-hydrogen) atoms. The lowest BCUT2D eigenvalue weighted by Gasteiger charge is -2.53. The molecule has 2 heterocycles. The first-order valence-corrected chi connectivity index (χ1v) is 17.4. The molecule has 0 N–H and O–H groups in total. The summed E-state index contributed by atoms with van der Waals surface area (Å²) in [7, 11) is -1.82. The van der Waals surface area contributed by atoms with Crippen molar-refractivity contribution < 1.29 is 0 Å². The topological polar surface area (TPSA) is 0 Å². The summed E-state index contributed by atoms with van der Waals surface area (Å²) in [5.74, 6) is 0. The molecule has 0 aliphatic carbocycles. The van der Waals surface area contributed by atoms with Gasteiger partial charge in [-0.05, 0) is 68.4 Å². The number of hydrogen-bond donors (Lipinski definition) is 0. The number of fused-ring (bicyclic) bond motifs is 4. The van der Waals surface area contributed by atoms with Crippen molar-refractivity contribution in [1.29, 1.82) is 0 Å². The summed E-state index contributed by atoms with van der Waals surface area (Å²) in [4.78, 5) is 5.64. The van der Waals surface area contributed by atoms with Crippen LogP contribution in [0.1, 0.15) is 22.3 Å². The Morgan fingerprint density at radius 3 is 1.40 bits per heavy atom. The van der Waals surface area contributed by atoms with Gasteiger partial charge in [0.2, 0.25) is 6.71 Å². The van der Waals surface area contributed by atoms with E-state index in [1.807, 2.05) is 0 Å². The summed E-state index contributed by atoms with van der Waals surface area (Å²) in [6, 6.07) is 70.7. The van der Waals surface area contributed by atoms with Gasteiger partial charge in [-0.15, -0.1) is 10.0 Å². The minimum atomic E-state index is -1.82. The minimum absolute atomic E-state index is 0.136. The Balaban J connectivity index is 1.52. The van der Waals surface area contributed by atoms with E-state index in [2.05, 4.69) is 188 Å². The molecule has 0 nitrogen and oxygen atoms in total. The molecular weight excluding hydrogens is 559 g/mol. The summed E-state index contributed by atoms with van der Waals surface area (Å²) < 4.78 is 0. The van der Waals surface area contributed by atoms with Gasteiger partial charge in [-0.25, -0.2) is 0 Å². The summed E-state index contributed by atoms with van der Waals surface area (Å²) in [6.45, 7) is 0.136. The lowest BCUT2D eigenvalue weighted by atomic mass is 9.30. The molecule has 0 unspecified atom stereocenters. The van der Waals surface area contributed by atoms with Crippen LogP contribution in [0.15, 0.2) is 208 Å². The zero-order valence-corrected chi connectivity index (χ0v) is 25.7. The Bertz CT molecular complexity index is 1930. The third-order valence-electron chi connectivity index (χ3n) is 9.93. The van der Waals surface area contributed by atoms with E-state index >= 15 is 0 Å². The van der Waals surface area contributed by atoms with E-state index in [0.717, 1.165) is 0 Å². The highest BCUT2D eigenvalue weighted by molar-refractivity contribution is 8.34. The molecule has 0 spiro atoms. The fourth-order valence-electron chi connectivity index (χ4n) is 8.32. The molecule has 0 atom stereocenters. The van der Waals surface area contributed by atoms with Gasteiger partial charge < -0.3 is 0 Å². The van der Waals surface area contributed by atoms with E-state index in [1.54, 1.807) is 0 Å². The number of hydrogen-bond acceptors (Lipinski definition) is 0. The Hall–Kier alpha value is -5.05. The molecule has 0 radical (unpaired) electrons. The van der Waals surface area contributed by atoms with Crippen molar-refractivity contribution in [2.75, 3.05) is 0 Å². The SMILES string of the molecule is c1ccc(C2(c3ccccc3)c3ccccc3B3c4ccccc4S(c4ccccc4)(c4ccccc4)c4cccc2c43)cc1. The molecular formula is C43H31BS. The standard InChI is InChI=1S/C43H31BS/c1-5-18-32(19-6-1)43(33-20-7-2-8-21-33)36-26-13-14-28-38(36)44-39-29-15-16-30-40(39)45(34-22-9-3-10-23-34,35-24-11-4-12-25-35)41-31-17-27-37(43)42(41)44/h1-31H. The van der Waals surface area contributed by atoms with Crippen molar-refractivity contribution in [3.8, 4) is 0 Å². The summed E-state index contributed by atoms with van der Waals surface area (Å²) in [5, 5.41) is 0. The normalized spacial score (nSPS) is 15.7. The Kier molecular flexibility index (Phi) is 6.01. The molecule has 0 fully saturated rings. The van der Waals surface area contributed by atoms with Crippen molar-refractivity contribution in [1.82, 2.24) is 0 Å². The van der Waals surface area contributed by atoms with E-state index in [0.29, 0.717) is 0 Å². The van der Waals surface area contributed by atoms with Crippen LogP contribution < -0.4 is 16.4 Å². The van der Waals surface area contributed by atoms with Crippen LogP contribution in [-0.2, 0) is 5.41 Å².